The van der Waals surface area contributed by atoms with Gasteiger partial charge in [0.2, 0.25) is 5.91 Å². The van der Waals surface area contributed by atoms with Gasteiger partial charge in [-0.05, 0) is 30.5 Å². The summed E-state index contributed by atoms with van der Waals surface area (Å²) < 4.78 is 13.7. The van der Waals surface area contributed by atoms with Gasteiger partial charge in [0.1, 0.15) is 5.82 Å². The third-order valence-corrected chi connectivity index (χ3v) is 4.35. The maximum atomic E-state index is 13.7. The summed E-state index contributed by atoms with van der Waals surface area (Å²) in [5.41, 5.74) is 1.05. The Balaban J connectivity index is 1.81. The lowest BCUT2D eigenvalue weighted by atomic mass is 10.1. The Kier molecular flexibility index (Phi) is 7.60. The molecular formula is C20H22ClFN2O2. The van der Waals surface area contributed by atoms with Crippen LogP contribution >= 0.6 is 11.6 Å². The summed E-state index contributed by atoms with van der Waals surface area (Å²) in [6.45, 7) is 2.69. The van der Waals surface area contributed by atoms with Crippen LogP contribution in [0.4, 0.5) is 4.39 Å². The number of hydrogen-bond donors (Lipinski definition) is 1. The number of aryl methyl sites for hydroxylation is 1. The molecule has 0 atom stereocenters. The molecule has 0 radical (unpaired) electrons. The van der Waals surface area contributed by atoms with Gasteiger partial charge < -0.3 is 10.2 Å². The molecule has 0 heterocycles. The lowest BCUT2D eigenvalue weighted by Gasteiger charge is -2.21. The van der Waals surface area contributed by atoms with Crippen LogP contribution in [-0.2, 0) is 11.2 Å². The first-order valence-electron chi connectivity index (χ1n) is 8.50. The Morgan fingerprint density at radius 3 is 2.46 bits per heavy atom. The van der Waals surface area contributed by atoms with Crippen LogP contribution in [0.5, 0.6) is 0 Å². The first-order valence-corrected chi connectivity index (χ1v) is 8.88. The lowest BCUT2D eigenvalue weighted by molar-refractivity contribution is -0.128. The van der Waals surface area contributed by atoms with Crippen molar-refractivity contribution in [3.8, 4) is 0 Å². The Labute approximate surface area is 158 Å². The maximum absolute atomic E-state index is 13.7. The van der Waals surface area contributed by atoms with Crippen molar-refractivity contribution in [2.75, 3.05) is 19.6 Å². The zero-order chi connectivity index (χ0) is 18.9. The van der Waals surface area contributed by atoms with Crippen LogP contribution in [0.3, 0.4) is 0 Å². The summed E-state index contributed by atoms with van der Waals surface area (Å²) in [7, 11) is 0. The summed E-state index contributed by atoms with van der Waals surface area (Å²) >= 11 is 5.88. The van der Waals surface area contributed by atoms with Gasteiger partial charge in [-0.3, -0.25) is 9.59 Å². The molecule has 0 bridgehead atoms. The van der Waals surface area contributed by atoms with Crippen LogP contribution in [0, 0.1) is 5.82 Å². The molecule has 0 aromatic heterocycles. The molecule has 0 fully saturated rings. The van der Waals surface area contributed by atoms with Crippen LogP contribution in [0.2, 0.25) is 5.02 Å². The van der Waals surface area contributed by atoms with E-state index in [0.29, 0.717) is 13.1 Å². The number of hydrogen-bond acceptors (Lipinski definition) is 2. The van der Waals surface area contributed by atoms with Crippen molar-refractivity contribution in [3.05, 3.63) is 70.5 Å². The Bertz CT molecular complexity index is 732. The molecule has 0 aliphatic heterocycles. The van der Waals surface area contributed by atoms with E-state index in [1.807, 2.05) is 18.2 Å². The Hall–Kier alpha value is -2.40. The van der Waals surface area contributed by atoms with Crippen molar-refractivity contribution < 1.29 is 14.0 Å². The highest BCUT2D eigenvalue weighted by Gasteiger charge is 2.16. The summed E-state index contributed by atoms with van der Waals surface area (Å²) in [5.74, 6) is -1.31. The van der Waals surface area contributed by atoms with E-state index < -0.39 is 11.7 Å². The van der Waals surface area contributed by atoms with E-state index in [0.717, 1.165) is 12.8 Å². The quantitative estimate of drug-likeness (QED) is 0.763. The van der Waals surface area contributed by atoms with Gasteiger partial charge in [0.25, 0.3) is 5.91 Å². The highest BCUT2D eigenvalue weighted by atomic mass is 35.5. The SMILES string of the molecule is CC(=O)N(CCCc1ccccc1)CCNC(=O)c1c(F)cccc1Cl. The standard InChI is InChI=1S/C20H22ClFN2O2/c1-15(25)24(13-6-9-16-7-3-2-4-8-16)14-12-23-20(26)19-17(21)10-5-11-18(19)22/h2-5,7-8,10-11H,6,9,12-14H2,1H3,(H,23,26). The van der Waals surface area contributed by atoms with Crippen molar-refractivity contribution in [1.82, 2.24) is 10.2 Å². The number of amides is 2. The predicted octanol–water partition coefficient (Wildman–Crippen LogP) is 3.69. The first kappa shape index (κ1) is 19.9. The molecule has 0 aliphatic carbocycles. The van der Waals surface area contributed by atoms with Crippen LogP contribution < -0.4 is 5.32 Å². The van der Waals surface area contributed by atoms with Crippen LogP contribution in [0.15, 0.2) is 48.5 Å². The van der Waals surface area contributed by atoms with E-state index >= 15 is 0 Å². The Morgan fingerprint density at radius 2 is 1.81 bits per heavy atom. The third kappa shape index (κ3) is 5.85. The lowest BCUT2D eigenvalue weighted by Crippen LogP contribution is -2.38. The van der Waals surface area contributed by atoms with Gasteiger partial charge in [0.15, 0.2) is 0 Å². The van der Waals surface area contributed by atoms with E-state index in [-0.39, 0.29) is 23.0 Å². The fraction of sp³-hybridized carbons (Fsp3) is 0.300. The normalized spacial score (nSPS) is 10.4. The molecule has 0 saturated carbocycles. The van der Waals surface area contributed by atoms with Crippen LogP contribution in [0.25, 0.3) is 0 Å². The van der Waals surface area contributed by atoms with Crippen molar-refractivity contribution in [3.63, 3.8) is 0 Å². The second-order valence-electron chi connectivity index (χ2n) is 5.95. The molecule has 0 spiro atoms. The molecule has 4 nitrogen and oxygen atoms in total. The monoisotopic (exact) mass is 376 g/mol. The minimum absolute atomic E-state index is 0.0590. The second kappa shape index (κ2) is 9.92. The second-order valence-corrected chi connectivity index (χ2v) is 6.35. The molecule has 1 N–H and O–H groups in total. The molecule has 0 unspecified atom stereocenters. The topological polar surface area (TPSA) is 49.4 Å². The third-order valence-electron chi connectivity index (χ3n) is 4.04. The van der Waals surface area contributed by atoms with Crippen LogP contribution in [-0.4, -0.2) is 36.3 Å². The number of rotatable bonds is 8. The average molecular weight is 377 g/mol. The van der Waals surface area contributed by atoms with E-state index in [1.54, 1.807) is 4.90 Å². The van der Waals surface area contributed by atoms with E-state index in [4.69, 9.17) is 11.6 Å². The molecule has 2 aromatic rings. The van der Waals surface area contributed by atoms with E-state index in [2.05, 4.69) is 17.4 Å². The summed E-state index contributed by atoms with van der Waals surface area (Å²) in [4.78, 5) is 25.5. The highest BCUT2D eigenvalue weighted by Crippen LogP contribution is 2.18. The fourth-order valence-corrected chi connectivity index (χ4v) is 2.90. The van der Waals surface area contributed by atoms with Crippen molar-refractivity contribution in [2.24, 2.45) is 0 Å². The zero-order valence-electron chi connectivity index (χ0n) is 14.7. The maximum Gasteiger partial charge on any atom is 0.255 e. The minimum atomic E-state index is -0.665. The van der Waals surface area contributed by atoms with Gasteiger partial charge in [-0.1, -0.05) is 48.0 Å². The molecule has 2 aromatic carbocycles. The average Bonchev–Trinajstić information content (AvgIpc) is 2.61. The largest absolute Gasteiger partial charge is 0.350 e. The number of carbonyl (C=O) groups is 2. The number of nitrogens with zero attached hydrogens (tertiary/aromatic N) is 1. The molecule has 138 valence electrons. The van der Waals surface area contributed by atoms with Crippen LogP contribution in [0.1, 0.15) is 29.3 Å². The summed E-state index contributed by atoms with van der Waals surface area (Å²) in [6, 6.07) is 14.1. The van der Waals surface area contributed by atoms with Gasteiger partial charge in [-0.2, -0.15) is 0 Å². The Morgan fingerprint density at radius 1 is 1.08 bits per heavy atom. The van der Waals surface area contributed by atoms with Gasteiger partial charge in [-0.25, -0.2) is 4.39 Å². The number of halogens is 2. The van der Waals surface area contributed by atoms with E-state index in [9.17, 15) is 14.0 Å². The van der Waals surface area contributed by atoms with Crippen molar-refractivity contribution in [1.29, 1.82) is 0 Å². The fourth-order valence-electron chi connectivity index (χ4n) is 2.65. The van der Waals surface area contributed by atoms with E-state index in [1.165, 1.54) is 30.7 Å². The van der Waals surface area contributed by atoms with Crippen molar-refractivity contribution >= 4 is 23.4 Å². The smallest absolute Gasteiger partial charge is 0.255 e. The van der Waals surface area contributed by atoms with Gasteiger partial charge in [0, 0.05) is 26.6 Å². The molecule has 0 saturated heterocycles. The van der Waals surface area contributed by atoms with Crippen molar-refractivity contribution in [2.45, 2.75) is 19.8 Å². The number of nitrogens with one attached hydrogen (secondary N) is 1. The molecule has 26 heavy (non-hydrogen) atoms. The summed E-state index contributed by atoms with van der Waals surface area (Å²) in [5, 5.41) is 2.68. The summed E-state index contributed by atoms with van der Waals surface area (Å²) in [6.07, 6.45) is 1.71. The predicted molar refractivity (Wildman–Crippen MR) is 101 cm³/mol. The number of benzene rings is 2. The first-order chi connectivity index (χ1) is 12.5. The van der Waals surface area contributed by atoms with Gasteiger partial charge >= 0.3 is 0 Å². The molecule has 2 rings (SSSR count). The zero-order valence-corrected chi connectivity index (χ0v) is 15.4. The van der Waals surface area contributed by atoms with Gasteiger partial charge in [0.05, 0.1) is 10.6 Å². The molecule has 2 amide bonds. The minimum Gasteiger partial charge on any atom is -0.350 e. The van der Waals surface area contributed by atoms with Gasteiger partial charge in [-0.15, -0.1) is 0 Å². The molecule has 0 aliphatic rings. The highest BCUT2D eigenvalue weighted by molar-refractivity contribution is 6.33. The molecular weight excluding hydrogens is 355 g/mol. The molecule has 6 heteroatoms. The number of carbonyl (C=O) groups excluding carboxylic acids is 2.